The number of aromatic amines is 1. The number of hydrogen-bond acceptors (Lipinski definition) is 10. The van der Waals surface area contributed by atoms with Crippen molar-refractivity contribution in [3.63, 3.8) is 0 Å². The number of aliphatic carboxylic acids is 2. The van der Waals surface area contributed by atoms with Crippen LogP contribution in [0.4, 0.5) is 0 Å². The molecule has 0 aromatic carbocycles. The van der Waals surface area contributed by atoms with Crippen molar-refractivity contribution in [2.24, 2.45) is 68.0 Å². The number of rotatable bonds is 11. The van der Waals surface area contributed by atoms with Gasteiger partial charge in [0.05, 0.1) is 35.6 Å². The Hall–Kier alpha value is -4.11. The zero-order chi connectivity index (χ0) is 46.7. The van der Waals surface area contributed by atoms with E-state index in [1.807, 2.05) is 6.20 Å². The van der Waals surface area contributed by atoms with E-state index in [1.165, 1.54) is 24.6 Å². The van der Waals surface area contributed by atoms with Gasteiger partial charge in [0.25, 0.3) is 5.56 Å². The van der Waals surface area contributed by atoms with Gasteiger partial charge in [-0.05, 0) is 138 Å². The first-order chi connectivity index (χ1) is 29.8. The second kappa shape index (κ2) is 15.8. The molecule has 1 saturated heterocycles. The number of carbonyl (C=O) groups is 3. The Balaban J connectivity index is 1.12. The van der Waals surface area contributed by atoms with E-state index >= 15 is 0 Å². The number of nitrogens with one attached hydrogen (secondary N) is 1. The number of nitrogens with zero attached hydrogens (tertiary/aromatic N) is 4. The first kappa shape index (κ1) is 46.4. The van der Waals surface area contributed by atoms with Gasteiger partial charge in [0.1, 0.15) is 18.4 Å². The van der Waals surface area contributed by atoms with Gasteiger partial charge in [-0.1, -0.05) is 52.0 Å². The molecule has 64 heavy (non-hydrogen) atoms. The third kappa shape index (κ3) is 6.98. The summed E-state index contributed by atoms with van der Waals surface area (Å²) in [6.07, 6.45) is 9.52. The van der Waals surface area contributed by atoms with Crippen molar-refractivity contribution in [3.8, 4) is 0 Å². The maximum Gasteiger partial charge on any atom is 0.330 e. The number of carboxylic acid groups (broad SMARTS) is 2. The van der Waals surface area contributed by atoms with Gasteiger partial charge < -0.3 is 24.8 Å². The number of esters is 1. The molecule has 6 aliphatic rings. The number of fused-ring (bicyclic) bond motifs is 7. The van der Waals surface area contributed by atoms with Gasteiger partial charge in [-0.25, -0.2) is 9.48 Å². The zero-order valence-electron chi connectivity index (χ0n) is 39.3. The second-order valence-corrected chi connectivity index (χ2v) is 23.2. The molecule has 0 spiro atoms. The lowest BCUT2D eigenvalue weighted by atomic mass is 9.31. The predicted molar refractivity (Wildman–Crippen MR) is 236 cm³/mol. The molecule has 5 aliphatic carbocycles. The van der Waals surface area contributed by atoms with E-state index < -0.39 is 69.9 Å². The Bertz CT molecular complexity index is 2330. The van der Waals surface area contributed by atoms with Crippen LogP contribution in [-0.4, -0.2) is 76.6 Å². The van der Waals surface area contributed by atoms with Crippen LogP contribution in [0, 0.1) is 74.9 Å². The quantitative estimate of drug-likeness (QED) is 0.134. The molecular formula is C49H71N5O10. The monoisotopic (exact) mass is 890 g/mol. The van der Waals surface area contributed by atoms with Crippen molar-refractivity contribution in [1.29, 1.82) is 0 Å². The highest BCUT2D eigenvalue weighted by molar-refractivity contribution is 5.81. The highest BCUT2D eigenvalue weighted by Crippen LogP contribution is 2.78. The molecule has 5 saturated carbocycles. The lowest BCUT2D eigenvalue weighted by molar-refractivity contribution is -0.260. The number of allylic oxidation sites excluding steroid dienone is 1. The van der Waals surface area contributed by atoms with Gasteiger partial charge in [0.15, 0.2) is 0 Å². The molecule has 3 heterocycles. The van der Waals surface area contributed by atoms with Crippen LogP contribution in [0.2, 0.25) is 0 Å². The molecule has 6 fully saturated rings. The van der Waals surface area contributed by atoms with Crippen molar-refractivity contribution in [2.75, 3.05) is 6.61 Å². The number of hydrogen-bond donors (Lipinski definition) is 4. The standard InChI is InChI=1S/C49H71N5O10/c1-26(2)30-13-16-49(42(60)61)18-17-47(9)31(38(30)49)11-12-35-46(8)21-28(39(64-37(56)22-44(4,5)41(58)59)45(6,7)34(46)14-15-48(35,47)10)19-29-24-54(52-51-29)32-20-36(63-33(32)25-55)53-23-27(3)40(57)50-43(53)62/h23-24,28,30-36,38-39,55H,1,11-22,25H2,2-10H3,(H,58,59)(H,60,61)(H,50,57,62)/t28-,30+,31-,32+,33-,34+,35-,36-,38-,39+,46+,47-,48-,49+/m1/s1. The van der Waals surface area contributed by atoms with Crippen LogP contribution in [-0.2, 0) is 30.3 Å². The zero-order valence-corrected chi connectivity index (χ0v) is 39.3. The first-order valence-electron chi connectivity index (χ1n) is 23.7. The van der Waals surface area contributed by atoms with E-state index in [-0.39, 0.29) is 65.3 Å². The molecular weight excluding hydrogens is 819 g/mol. The lowest BCUT2D eigenvalue weighted by Crippen LogP contribution is -2.68. The number of H-pyrrole nitrogens is 1. The maximum atomic E-state index is 13.9. The van der Waals surface area contributed by atoms with Gasteiger partial charge in [0.2, 0.25) is 0 Å². The van der Waals surface area contributed by atoms with Crippen LogP contribution in [0.25, 0.3) is 0 Å². The van der Waals surface area contributed by atoms with E-state index in [1.54, 1.807) is 11.6 Å². The van der Waals surface area contributed by atoms with Crippen LogP contribution in [0.3, 0.4) is 0 Å². The number of aliphatic hydroxyl groups is 1. The maximum absolute atomic E-state index is 13.9. The van der Waals surface area contributed by atoms with Crippen molar-refractivity contribution >= 4 is 17.9 Å². The molecule has 0 unspecified atom stereocenters. The fourth-order valence-corrected chi connectivity index (χ4v) is 15.9. The smallest absolute Gasteiger partial charge is 0.330 e. The fourth-order valence-electron chi connectivity index (χ4n) is 15.9. The molecule has 2 aromatic heterocycles. The summed E-state index contributed by atoms with van der Waals surface area (Å²) >= 11 is 0. The summed E-state index contributed by atoms with van der Waals surface area (Å²) in [5.74, 6) is -1.42. The Labute approximate surface area is 375 Å². The van der Waals surface area contributed by atoms with Crippen molar-refractivity contribution < 1.29 is 39.2 Å². The molecule has 1 aliphatic heterocycles. The number of carboxylic acids is 2. The predicted octanol–water partition coefficient (Wildman–Crippen LogP) is 6.88. The highest BCUT2D eigenvalue weighted by Gasteiger charge is 2.73. The average molecular weight is 890 g/mol. The van der Waals surface area contributed by atoms with E-state index in [2.05, 4.69) is 63.4 Å². The molecule has 14 atom stereocenters. The van der Waals surface area contributed by atoms with E-state index in [0.29, 0.717) is 36.4 Å². The summed E-state index contributed by atoms with van der Waals surface area (Å²) < 4.78 is 15.7. The molecule has 0 bridgehead atoms. The van der Waals surface area contributed by atoms with Crippen molar-refractivity contribution in [2.45, 2.75) is 164 Å². The molecule has 4 N–H and O–H groups in total. The first-order valence-corrected chi connectivity index (χ1v) is 23.7. The number of ether oxygens (including phenoxy) is 2. The third-order valence-electron chi connectivity index (χ3n) is 19.2. The minimum Gasteiger partial charge on any atom is -0.481 e. The summed E-state index contributed by atoms with van der Waals surface area (Å²) in [4.78, 5) is 66.5. The molecule has 0 radical (unpaired) electrons. The van der Waals surface area contributed by atoms with E-state index in [0.717, 1.165) is 50.5 Å². The van der Waals surface area contributed by atoms with Crippen LogP contribution >= 0.6 is 0 Å². The number of aromatic nitrogens is 5. The summed E-state index contributed by atoms with van der Waals surface area (Å²) in [6.45, 7) is 22.7. The van der Waals surface area contributed by atoms with Crippen LogP contribution in [0.1, 0.15) is 150 Å². The molecule has 15 heteroatoms. The normalized spacial score (nSPS) is 40.1. The summed E-state index contributed by atoms with van der Waals surface area (Å²) in [7, 11) is 0. The Morgan fingerprint density at radius 1 is 0.984 bits per heavy atom. The fraction of sp³-hybridized carbons (Fsp3) is 0.776. The Morgan fingerprint density at radius 3 is 2.36 bits per heavy atom. The molecule has 15 nitrogen and oxygen atoms in total. The molecule has 0 amide bonds. The largest absolute Gasteiger partial charge is 0.481 e. The molecule has 2 aromatic rings. The summed E-state index contributed by atoms with van der Waals surface area (Å²) in [5.41, 5.74) is -1.81. The molecule has 8 rings (SSSR count). The Kier molecular flexibility index (Phi) is 11.4. The second-order valence-electron chi connectivity index (χ2n) is 23.2. The van der Waals surface area contributed by atoms with Crippen LogP contribution in [0.5, 0.6) is 0 Å². The Morgan fingerprint density at radius 2 is 1.70 bits per heavy atom. The van der Waals surface area contributed by atoms with Crippen LogP contribution < -0.4 is 11.2 Å². The third-order valence-corrected chi connectivity index (χ3v) is 19.2. The minimum atomic E-state index is -1.31. The van der Waals surface area contributed by atoms with Gasteiger partial charge in [-0.2, -0.15) is 0 Å². The minimum absolute atomic E-state index is 0.0642. The SMILES string of the molecule is C=C(C)[C@@H]1CC[C@]2(C(=O)O)CC[C@]3(C)[C@H](CC[C@@H]4[C@@]5(C)C[C@@H](Cc6cn([C@H]7C[C@H](n8cc(C)c(=O)[nH]c8=O)O[C@@H]7CO)nn6)[C@H](OC(=O)CC(C)(C)C(=O)O)C(C)(C)[C@@H]5CC[C@]43C)[C@@H]12. The lowest BCUT2D eigenvalue weighted by Gasteiger charge is -2.73. The van der Waals surface area contributed by atoms with Crippen LogP contribution in [0.15, 0.2) is 34.1 Å². The van der Waals surface area contributed by atoms with Gasteiger partial charge in [-0.3, -0.25) is 28.7 Å². The molecule has 352 valence electrons. The number of aliphatic hydroxyl groups excluding tert-OH is 1. The van der Waals surface area contributed by atoms with Gasteiger partial charge in [0, 0.05) is 35.7 Å². The van der Waals surface area contributed by atoms with Gasteiger partial charge in [-0.15, -0.1) is 5.10 Å². The topological polar surface area (TPSA) is 216 Å². The van der Waals surface area contributed by atoms with Gasteiger partial charge >= 0.3 is 23.6 Å². The highest BCUT2D eigenvalue weighted by atomic mass is 16.5. The number of aryl methyl sites for hydroxylation is 1. The van der Waals surface area contributed by atoms with E-state index in [4.69, 9.17) is 9.47 Å². The summed E-state index contributed by atoms with van der Waals surface area (Å²) in [5, 5.41) is 40.4. The van der Waals surface area contributed by atoms with E-state index in [9.17, 15) is 39.3 Å². The summed E-state index contributed by atoms with van der Waals surface area (Å²) in [6, 6.07) is -0.471. The average Bonchev–Trinajstić information content (AvgIpc) is 3.95. The van der Waals surface area contributed by atoms with Crippen molar-refractivity contribution in [1.82, 2.24) is 24.5 Å². The van der Waals surface area contributed by atoms with Crippen molar-refractivity contribution in [3.05, 3.63) is 56.6 Å². The number of carbonyl (C=O) groups excluding carboxylic acids is 1.